The highest BCUT2D eigenvalue weighted by Crippen LogP contribution is 2.43. The molecule has 0 fully saturated rings. The Labute approximate surface area is 154 Å². The Morgan fingerprint density at radius 1 is 1.24 bits per heavy atom. The molecule has 0 radical (unpaired) electrons. The maximum absolute atomic E-state index is 11.9. The molecule has 0 heterocycles. The first-order valence-electron chi connectivity index (χ1n) is 7.92. The van der Waals surface area contributed by atoms with E-state index in [9.17, 15) is 19.3 Å². The van der Waals surface area contributed by atoms with E-state index in [0.717, 1.165) is 7.11 Å². The zero-order chi connectivity index (χ0) is 20.1. The molecule has 0 rings (SSSR count). The zero-order valence-electron chi connectivity index (χ0n) is 15.4. The molecule has 11 heteroatoms. The summed E-state index contributed by atoms with van der Waals surface area (Å²) in [5.74, 6) is -0.426. The summed E-state index contributed by atoms with van der Waals surface area (Å²) in [7, 11) is -3.18. The van der Waals surface area contributed by atoms with Gasteiger partial charge >= 0.3 is 7.82 Å². The van der Waals surface area contributed by atoms with Crippen LogP contribution in [0.15, 0.2) is 0 Å². The molecule has 0 aromatic heterocycles. The van der Waals surface area contributed by atoms with Crippen LogP contribution >= 0.6 is 20.5 Å². The van der Waals surface area contributed by atoms with Crippen molar-refractivity contribution in [3.8, 4) is 0 Å². The van der Waals surface area contributed by atoms with Crippen LogP contribution in [0.5, 0.6) is 0 Å². The van der Waals surface area contributed by atoms with Crippen molar-refractivity contribution in [1.29, 1.82) is 0 Å². The molecular formula is C14H31N2O7PS. The zero-order valence-corrected chi connectivity index (χ0v) is 17.2. The maximum atomic E-state index is 11.9. The number of aliphatic hydroxyl groups excluding tert-OH is 1. The molecule has 0 aromatic rings. The molecule has 0 aromatic carbocycles. The fourth-order valence-corrected chi connectivity index (χ4v) is 2.13. The van der Waals surface area contributed by atoms with Crippen LogP contribution in [0, 0.1) is 5.41 Å². The third-order valence-corrected chi connectivity index (χ3v) is 4.04. The third-order valence-electron chi connectivity index (χ3n) is 2.90. The average Bonchev–Trinajstić information content (AvgIpc) is 2.59. The Bertz CT molecular complexity index is 449. The molecule has 0 saturated carbocycles. The Kier molecular flexibility index (Phi) is 14.4. The predicted octanol–water partition coefficient (Wildman–Crippen LogP) is 0.715. The normalized spacial score (nSPS) is 14.6. The van der Waals surface area contributed by atoms with Crippen LogP contribution in [-0.2, 0) is 23.2 Å². The van der Waals surface area contributed by atoms with E-state index >= 15 is 0 Å². The minimum Gasteiger partial charge on any atom is -0.383 e. The topological polar surface area (TPSA) is 134 Å². The standard InChI is InChI=1S/C12H25N2O7PS.C2H6/c1-12(2,8-21-22(18,19)20-3)10(16)11(17)14-5-4-9(15)13-6-7-23;1-2/h10,16,23H,4-8H2,1-3H3,(H,13,15)(H,14,17)(H,18,19);1-2H3. The minimum atomic E-state index is -4.19. The third kappa shape index (κ3) is 12.4. The van der Waals surface area contributed by atoms with Gasteiger partial charge < -0.3 is 20.6 Å². The van der Waals surface area contributed by atoms with Gasteiger partial charge in [-0.25, -0.2) is 4.57 Å². The van der Waals surface area contributed by atoms with Crippen molar-refractivity contribution >= 4 is 32.3 Å². The lowest BCUT2D eigenvalue weighted by Crippen LogP contribution is -2.46. The molecule has 0 aliphatic rings. The lowest BCUT2D eigenvalue weighted by atomic mass is 9.87. The number of carbonyl (C=O) groups excluding carboxylic acids is 2. The van der Waals surface area contributed by atoms with Gasteiger partial charge in [0.15, 0.2) is 0 Å². The number of rotatable bonds is 11. The molecule has 0 bridgehead atoms. The first kappa shape index (κ1) is 26.6. The highest BCUT2D eigenvalue weighted by Gasteiger charge is 2.36. The van der Waals surface area contributed by atoms with Crippen molar-refractivity contribution in [2.75, 3.05) is 32.6 Å². The van der Waals surface area contributed by atoms with Crippen LogP contribution < -0.4 is 10.6 Å². The number of phosphoric acid groups is 1. The van der Waals surface area contributed by atoms with Gasteiger partial charge in [-0.3, -0.25) is 18.6 Å². The highest BCUT2D eigenvalue weighted by molar-refractivity contribution is 7.80. The van der Waals surface area contributed by atoms with Crippen molar-refractivity contribution in [2.45, 2.75) is 40.2 Å². The number of hydrogen-bond acceptors (Lipinski definition) is 7. The molecular weight excluding hydrogens is 371 g/mol. The molecule has 2 unspecified atom stereocenters. The first-order chi connectivity index (χ1) is 11.6. The Morgan fingerprint density at radius 3 is 2.28 bits per heavy atom. The van der Waals surface area contributed by atoms with Gasteiger partial charge in [0.05, 0.1) is 6.61 Å². The predicted molar refractivity (Wildman–Crippen MR) is 98.4 cm³/mol. The lowest BCUT2D eigenvalue weighted by molar-refractivity contribution is -0.137. The van der Waals surface area contributed by atoms with E-state index in [2.05, 4.69) is 32.3 Å². The second-order valence-corrected chi connectivity index (χ2v) is 7.44. The Morgan fingerprint density at radius 2 is 1.80 bits per heavy atom. The summed E-state index contributed by atoms with van der Waals surface area (Å²) in [5.41, 5.74) is -1.13. The van der Waals surface area contributed by atoms with Crippen molar-refractivity contribution in [3.05, 3.63) is 0 Å². The number of thiol groups is 1. The second kappa shape index (κ2) is 13.5. The van der Waals surface area contributed by atoms with Crippen LogP contribution in [0.2, 0.25) is 0 Å². The van der Waals surface area contributed by atoms with Gasteiger partial charge in [0.2, 0.25) is 11.8 Å². The highest BCUT2D eigenvalue weighted by atomic mass is 32.1. The Balaban J connectivity index is 0. The van der Waals surface area contributed by atoms with Crippen LogP contribution in [0.25, 0.3) is 0 Å². The fourth-order valence-electron chi connectivity index (χ4n) is 1.41. The minimum absolute atomic E-state index is 0.0573. The van der Waals surface area contributed by atoms with Gasteiger partial charge in [-0.1, -0.05) is 27.7 Å². The molecule has 0 saturated heterocycles. The number of nitrogens with one attached hydrogen (secondary N) is 2. The van der Waals surface area contributed by atoms with Crippen LogP contribution in [-0.4, -0.2) is 60.5 Å². The summed E-state index contributed by atoms with van der Waals surface area (Å²) in [5, 5.41) is 15.0. The maximum Gasteiger partial charge on any atom is 0.471 e. The second-order valence-electron chi connectivity index (χ2n) is 5.43. The van der Waals surface area contributed by atoms with Crippen molar-refractivity contribution in [1.82, 2.24) is 10.6 Å². The van der Waals surface area contributed by atoms with Gasteiger partial charge in [-0.2, -0.15) is 12.6 Å². The van der Waals surface area contributed by atoms with E-state index in [1.165, 1.54) is 13.8 Å². The number of amides is 2. The van der Waals surface area contributed by atoms with E-state index in [1.54, 1.807) is 0 Å². The number of hydrogen-bond donors (Lipinski definition) is 5. The molecule has 0 spiro atoms. The van der Waals surface area contributed by atoms with Crippen LogP contribution in [0.1, 0.15) is 34.1 Å². The Hall–Kier alpha value is -0.640. The van der Waals surface area contributed by atoms with E-state index < -0.39 is 25.2 Å². The molecule has 9 nitrogen and oxygen atoms in total. The van der Waals surface area contributed by atoms with E-state index in [0.29, 0.717) is 12.3 Å². The molecule has 0 aliphatic heterocycles. The summed E-state index contributed by atoms with van der Waals surface area (Å²) < 4.78 is 20.2. The summed E-state index contributed by atoms with van der Waals surface area (Å²) >= 11 is 3.95. The largest absolute Gasteiger partial charge is 0.471 e. The monoisotopic (exact) mass is 402 g/mol. The SMILES string of the molecule is CC.COP(=O)(O)OCC(C)(C)C(O)C(=O)NCCC(=O)NCCS. The van der Waals surface area contributed by atoms with Crippen molar-refractivity contribution in [2.24, 2.45) is 5.41 Å². The van der Waals surface area contributed by atoms with Gasteiger partial charge in [0, 0.05) is 37.8 Å². The first-order valence-corrected chi connectivity index (χ1v) is 10.0. The number of aliphatic hydroxyl groups is 1. The fraction of sp³-hybridized carbons (Fsp3) is 0.857. The molecule has 2 amide bonds. The van der Waals surface area contributed by atoms with E-state index in [1.807, 2.05) is 13.8 Å². The van der Waals surface area contributed by atoms with E-state index in [-0.39, 0.29) is 25.5 Å². The van der Waals surface area contributed by atoms with Crippen molar-refractivity contribution < 1.29 is 33.2 Å². The average molecular weight is 402 g/mol. The lowest BCUT2D eigenvalue weighted by Gasteiger charge is -2.29. The van der Waals surface area contributed by atoms with E-state index in [4.69, 9.17) is 4.89 Å². The summed E-state index contributed by atoms with van der Waals surface area (Å²) in [6, 6.07) is 0. The van der Waals surface area contributed by atoms with Gasteiger partial charge in [0.25, 0.3) is 0 Å². The molecule has 150 valence electrons. The molecule has 2 atom stereocenters. The summed E-state index contributed by atoms with van der Waals surface area (Å²) in [6.45, 7) is 7.11. The van der Waals surface area contributed by atoms with Crippen LogP contribution in [0.3, 0.4) is 0 Å². The van der Waals surface area contributed by atoms with Gasteiger partial charge in [0.1, 0.15) is 6.10 Å². The summed E-state index contributed by atoms with van der Waals surface area (Å²) in [4.78, 5) is 32.4. The molecule has 25 heavy (non-hydrogen) atoms. The number of phosphoric ester groups is 1. The quantitative estimate of drug-likeness (QED) is 0.254. The van der Waals surface area contributed by atoms with Gasteiger partial charge in [-0.15, -0.1) is 0 Å². The van der Waals surface area contributed by atoms with Crippen LogP contribution in [0.4, 0.5) is 0 Å². The number of carbonyl (C=O) groups is 2. The van der Waals surface area contributed by atoms with Gasteiger partial charge in [-0.05, 0) is 0 Å². The summed E-state index contributed by atoms with van der Waals surface area (Å²) in [6.07, 6.45) is -1.42. The van der Waals surface area contributed by atoms with Crippen molar-refractivity contribution in [3.63, 3.8) is 0 Å². The molecule has 4 N–H and O–H groups in total. The molecule has 0 aliphatic carbocycles. The smallest absolute Gasteiger partial charge is 0.383 e.